The largest absolute Gasteiger partial charge is 0.313 e. The van der Waals surface area contributed by atoms with Crippen molar-refractivity contribution >= 4 is 12.5 Å². The summed E-state index contributed by atoms with van der Waals surface area (Å²) in [6.45, 7) is 3.50. The highest BCUT2D eigenvalue weighted by Gasteiger charge is 2.00. The van der Waals surface area contributed by atoms with Crippen LogP contribution in [0.4, 0.5) is 0 Å². The second kappa shape index (κ2) is 5.22. The highest BCUT2D eigenvalue weighted by Crippen LogP contribution is 2.02. The van der Waals surface area contributed by atoms with Crippen LogP contribution in [0.2, 0.25) is 0 Å². The molecular weight excluding hydrogens is 114 g/mol. The Morgan fingerprint density at radius 1 is 1.56 bits per heavy atom. The molecule has 2 heteroatoms. The molecule has 9 heavy (non-hydrogen) atoms. The summed E-state index contributed by atoms with van der Waals surface area (Å²) in [4.78, 5) is 10.1. The molecule has 0 radical (unpaired) electrons. The lowest BCUT2D eigenvalue weighted by atomic mass is 10.0. The molecule has 2 nitrogen and oxygen atoms in total. The van der Waals surface area contributed by atoms with Gasteiger partial charge in [0.1, 0.15) is 6.29 Å². The zero-order valence-corrected chi connectivity index (χ0v) is 5.34. The fraction of sp³-hybridized carbons (Fsp3) is 0.429. The summed E-state index contributed by atoms with van der Waals surface area (Å²) in [5.41, 5.74) is 0. The maximum absolute atomic E-state index is 10.1. The van der Waals surface area contributed by atoms with Crippen molar-refractivity contribution in [3.05, 3.63) is 12.7 Å². The van der Waals surface area contributed by atoms with E-state index in [-0.39, 0.29) is 5.92 Å². The molecule has 50 valence electrons. The number of carbonyl (C=O) groups excluding carboxylic acids is 1. The van der Waals surface area contributed by atoms with Gasteiger partial charge in [-0.15, -0.1) is 6.58 Å². The lowest BCUT2D eigenvalue weighted by Crippen LogP contribution is -1.99. The second-order valence-electron chi connectivity index (χ2n) is 1.86. The summed E-state index contributed by atoms with van der Waals surface area (Å²) < 4.78 is 0. The second-order valence-corrected chi connectivity index (χ2v) is 1.86. The number of carbonyl (C=O) groups is 1. The maximum Gasteiger partial charge on any atom is 0.123 e. The molecule has 0 aliphatic heterocycles. The van der Waals surface area contributed by atoms with E-state index in [2.05, 4.69) is 6.58 Å². The van der Waals surface area contributed by atoms with Crippen molar-refractivity contribution in [1.29, 1.82) is 5.41 Å². The average Bonchev–Trinajstić information content (AvgIpc) is 1.88. The highest BCUT2D eigenvalue weighted by molar-refractivity contribution is 5.63. The van der Waals surface area contributed by atoms with E-state index in [0.29, 0.717) is 12.8 Å². The molecule has 0 spiro atoms. The van der Waals surface area contributed by atoms with E-state index in [9.17, 15) is 4.79 Å². The molecule has 0 aromatic heterocycles. The van der Waals surface area contributed by atoms with Gasteiger partial charge in [0.05, 0.1) is 0 Å². The van der Waals surface area contributed by atoms with Crippen LogP contribution in [0.15, 0.2) is 12.7 Å². The minimum absolute atomic E-state index is 0.0278. The molecule has 1 atom stereocenters. The first-order valence-electron chi connectivity index (χ1n) is 2.90. The third kappa shape index (κ3) is 3.64. The van der Waals surface area contributed by atoms with Gasteiger partial charge in [0.25, 0.3) is 0 Å². The minimum Gasteiger partial charge on any atom is -0.313 e. The third-order valence-corrected chi connectivity index (χ3v) is 1.08. The van der Waals surface area contributed by atoms with Gasteiger partial charge < -0.3 is 10.2 Å². The Morgan fingerprint density at radius 3 is 2.56 bits per heavy atom. The van der Waals surface area contributed by atoms with Crippen molar-refractivity contribution in [2.24, 2.45) is 5.92 Å². The molecule has 0 saturated heterocycles. The van der Waals surface area contributed by atoms with Crippen molar-refractivity contribution in [2.45, 2.75) is 12.8 Å². The number of hydrogen-bond donors (Lipinski definition) is 1. The van der Waals surface area contributed by atoms with Gasteiger partial charge in [-0.3, -0.25) is 0 Å². The van der Waals surface area contributed by atoms with Crippen LogP contribution >= 0.6 is 0 Å². The lowest BCUT2D eigenvalue weighted by Gasteiger charge is -1.99. The molecular formula is C7H11NO. The molecule has 0 fully saturated rings. The zero-order valence-electron chi connectivity index (χ0n) is 5.34. The summed E-state index contributed by atoms with van der Waals surface area (Å²) in [5, 5.41) is 6.70. The first kappa shape index (κ1) is 8.08. The predicted octanol–water partition coefficient (Wildman–Crippen LogP) is 1.42. The Hall–Kier alpha value is -0.920. The van der Waals surface area contributed by atoms with Gasteiger partial charge >= 0.3 is 0 Å². The smallest absolute Gasteiger partial charge is 0.123 e. The average molecular weight is 125 g/mol. The molecule has 0 aliphatic rings. The summed E-state index contributed by atoms with van der Waals surface area (Å²) >= 11 is 0. The number of aldehydes is 1. The Kier molecular flexibility index (Phi) is 4.69. The zero-order chi connectivity index (χ0) is 7.11. The Bertz CT molecular complexity index is 99.5. The van der Waals surface area contributed by atoms with Gasteiger partial charge in [-0.2, -0.15) is 0 Å². The van der Waals surface area contributed by atoms with Crippen LogP contribution in [-0.4, -0.2) is 12.5 Å². The van der Waals surface area contributed by atoms with Crippen molar-refractivity contribution in [1.82, 2.24) is 0 Å². The van der Waals surface area contributed by atoms with E-state index < -0.39 is 0 Å². The lowest BCUT2D eigenvalue weighted by molar-refractivity contribution is -0.110. The van der Waals surface area contributed by atoms with Gasteiger partial charge in [0, 0.05) is 5.92 Å². The van der Waals surface area contributed by atoms with Crippen molar-refractivity contribution < 1.29 is 4.79 Å². The van der Waals surface area contributed by atoms with Gasteiger partial charge in [0.15, 0.2) is 0 Å². The van der Waals surface area contributed by atoms with Crippen LogP contribution in [0.1, 0.15) is 12.8 Å². The molecule has 0 amide bonds. The first-order chi connectivity index (χ1) is 4.35. The Balaban J connectivity index is 3.51. The molecule has 1 unspecified atom stereocenters. The van der Waals surface area contributed by atoms with E-state index in [1.807, 2.05) is 0 Å². The topological polar surface area (TPSA) is 40.9 Å². The van der Waals surface area contributed by atoms with Crippen LogP contribution in [-0.2, 0) is 4.79 Å². The maximum atomic E-state index is 10.1. The van der Waals surface area contributed by atoms with Crippen molar-refractivity contribution in [3.63, 3.8) is 0 Å². The van der Waals surface area contributed by atoms with Gasteiger partial charge in [-0.1, -0.05) is 6.08 Å². The standard InChI is InChI=1S/C7H11NO/c1-2-3-7(6-9)4-5-8/h2,5-8H,1,3-4H2. The number of nitrogens with one attached hydrogen (secondary N) is 1. The summed E-state index contributed by atoms with van der Waals surface area (Å²) in [5.74, 6) is -0.0278. The molecule has 0 aliphatic carbocycles. The van der Waals surface area contributed by atoms with Crippen LogP contribution in [0.5, 0.6) is 0 Å². The fourth-order valence-electron chi connectivity index (χ4n) is 0.573. The molecule has 1 N–H and O–H groups in total. The van der Waals surface area contributed by atoms with Crippen molar-refractivity contribution in [3.8, 4) is 0 Å². The number of hydrogen-bond acceptors (Lipinski definition) is 2. The highest BCUT2D eigenvalue weighted by atomic mass is 16.1. The molecule has 0 bridgehead atoms. The van der Waals surface area contributed by atoms with Crippen LogP contribution in [0.25, 0.3) is 0 Å². The number of allylic oxidation sites excluding steroid dienone is 1. The van der Waals surface area contributed by atoms with E-state index in [0.717, 1.165) is 6.29 Å². The summed E-state index contributed by atoms with van der Waals surface area (Å²) in [6, 6.07) is 0. The van der Waals surface area contributed by atoms with Crippen LogP contribution in [0, 0.1) is 11.3 Å². The van der Waals surface area contributed by atoms with Crippen LogP contribution < -0.4 is 0 Å². The molecule has 0 rings (SSSR count). The SMILES string of the molecule is C=CCC(C=O)CC=N. The first-order valence-corrected chi connectivity index (χ1v) is 2.90. The molecule has 0 aromatic rings. The third-order valence-electron chi connectivity index (χ3n) is 1.08. The monoisotopic (exact) mass is 125 g/mol. The Morgan fingerprint density at radius 2 is 2.22 bits per heavy atom. The van der Waals surface area contributed by atoms with Gasteiger partial charge in [-0.25, -0.2) is 0 Å². The number of rotatable bonds is 5. The predicted molar refractivity (Wildman–Crippen MR) is 37.8 cm³/mol. The Labute approximate surface area is 55.1 Å². The normalized spacial score (nSPS) is 12.0. The molecule has 0 aromatic carbocycles. The van der Waals surface area contributed by atoms with E-state index in [1.165, 1.54) is 6.21 Å². The molecule has 0 saturated carbocycles. The van der Waals surface area contributed by atoms with Crippen molar-refractivity contribution in [2.75, 3.05) is 0 Å². The van der Waals surface area contributed by atoms with E-state index in [4.69, 9.17) is 5.41 Å². The fourth-order valence-corrected chi connectivity index (χ4v) is 0.573. The van der Waals surface area contributed by atoms with Gasteiger partial charge in [0.2, 0.25) is 0 Å². The minimum atomic E-state index is -0.0278. The summed E-state index contributed by atoms with van der Waals surface area (Å²) in [7, 11) is 0. The van der Waals surface area contributed by atoms with Gasteiger partial charge in [-0.05, 0) is 19.1 Å². The van der Waals surface area contributed by atoms with E-state index >= 15 is 0 Å². The van der Waals surface area contributed by atoms with Crippen LogP contribution in [0.3, 0.4) is 0 Å². The quantitative estimate of drug-likeness (QED) is 0.337. The van der Waals surface area contributed by atoms with E-state index in [1.54, 1.807) is 6.08 Å². The molecule has 0 heterocycles. The summed E-state index contributed by atoms with van der Waals surface area (Å²) in [6.07, 6.45) is 5.03.